The Morgan fingerprint density at radius 3 is 2.50 bits per heavy atom. The van der Waals surface area contributed by atoms with Crippen molar-refractivity contribution in [3.63, 3.8) is 0 Å². The van der Waals surface area contributed by atoms with Gasteiger partial charge < -0.3 is 4.74 Å². The molecule has 1 rings (SSSR count). The van der Waals surface area contributed by atoms with Crippen LogP contribution in [0.15, 0.2) is 18.3 Å². The van der Waals surface area contributed by atoms with Crippen molar-refractivity contribution in [1.82, 2.24) is 4.98 Å². The molecule has 1 aromatic rings. The van der Waals surface area contributed by atoms with Crippen LogP contribution in [0.2, 0.25) is 0 Å². The summed E-state index contributed by atoms with van der Waals surface area (Å²) in [6, 6.07) is 2.47. The first-order valence-corrected chi connectivity index (χ1v) is 4.10. The van der Waals surface area contributed by atoms with Crippen molar-refractivity contribution in [3.8, 4) is 5.75 Å². The average Bonchev–Trinajstić information content (AvgIpc) is 2.01. The molecule has 2 nitrogen and oxygen atoms in total. The molecular weight excluding hydrogens is 195 g/mol. The second-order valence-corrected chi connectivity index (χ2v) is 3.12. The number of rotatable bonds is 2. The minimum absolute atomic E-state index is 0.0757. The van der Waals surface area contributed by atoms with Crippen LogP contribution in [0, 0.1) is 0 Å². The van der Waals surface area contributed by atoms with Crippen molar-refractivity contribution in [1.29, 1.82) is 0 Å². The minimum atomic E-state index is -4.64. The molecule has 0 N–H and O–H groups in total. The van der Waals surface area contributed by atoms with Crippen molar-refractivity contribution in [2.45, 2.75) is 26.1 Å². The van der Waals surface area contributed by atoms with Crippen LogP contribution >= 0.6 is 0 Å². The van der Waals surface area contributed by atoms with Gasteiger partial charge in [0.2, 0.25) is 0 Å². The molecule has 0 spiro atoms. The number of halogens is 3. The van der Waals surface area contributed by atoms with E-state index in [9.17, 15) is 13.2 Å². The molecule has 0 saturated carbocycles. The Labute approximate surface area is 79.7 Å². The predicted molar refractivity (Wildman–Crippen MR) is 45.0 cm³/mol. The molecule has 0 aromatic carbocycles. The van der Waals surface area contributed by atoms with E-state index >= 15 is 0 Å². The van der Waals surface area contributed by atoms with Gasteiger partial charge in [-0.3, -0.25) is 4.98 Å². The highest BCUT2D eigenvalue weighted by Crippen LogP contribution is 2.24. The molecule has 1 aromatic heterocycles. The third-order valence-electron chi connectivity index (χ3n) is 1.58. The van der Waals surface area contributed by atoms with Crippen LogP contribution in [0.3, 0.4) is 0 Å². The van der Waals surface area contributed by atoms with E-state index in [1.165, 1.54) is 18.3 Å². The molecule has 0 aliphatic heterocycles. The number of hydrogen-bond donors (Lipinski definition) is 0. The lowest BCUT2D eigenvalue weighted by Crippen LogP contribution is -2.17. The fraction of sp³-hybridized carbons (Fsp3) is 0.444. The summed E-state index contributed by atoms with van der Waals surface area (Å²) in [5, 5.41) is 0. The largest absolute Gasteiger partial charge is 0.573 e. The first-order valence-electron chi connectivity index (χ1n) is 4.10. The Bertz CT molecular complexity index is 309. The molecule has 0 fully saturated rings. The number of pyridine rings is 1. The van der Waals surface area contributed by atoms with Gasteiger partial charge in [0.1, 0.15) is 5.75 Å². The summed E-state index contributed by atoms with van der Waals surface area (Å²) in [5.74, 6) is -0.150. The highest BCUT2D eigenvalue weighted by Gasteiger charge is 2.31. The Balaban J connectivity index is 2.84. The fourth-order valence-corrected chi connectivity index (χ4v) is 0.941. The number of ether oxygens (including phenoxy) is 1. The first kappa shape index (κ1) is 10.8. The summed E-state index contributed by atoms with van der Waals surface area (Å²) in [6.07, 6.45) is -3.34. The molecular formula is C9H10F3NO. The SMILES string of the molecule is CC(C)c1cc(OC(F)(F)F)ccn1. The molecule has 5 heteroatoms. The van der Waals surface area contributed by atoms with Crippen molar-refractivity contribution in [2.24, 2.45) is 0 Å². The van der Waals surface area contributed by atoms with E-state index in [1.807, 2.05) is 13.8 Å². The first-order chi connectivity index (χ1) is 6.38. The van der Waals surface area contributed by atoms with Crippen LogP contribution in [0.5, 0.6) is 5.75 Å². The highest BCUT2D eigenvalue weighted by atomic mass is 19.4. The van der Waals surface area contributed by atoms with Gasteiger partial charge in [-0.2, -0.15) is 0 Å². The average molecular weight is 205 g/mol. The van der Waals surface area contributed by atoms with Crippen LogP contribution in [-0.4, -0.2) is 11.3 Å². The van der Waals surface area contributed by atoms with E-state index in [-0.39, 0.29) is 11.7 Å². The third-order valence-corrected chi connectivity index (χ3v) is 1.58. The van der Waals surface area contributed by atoms with E-state index < -0.39 is 6.36 Å². The molecule has 1 heterocycles. The number of alkyl halides is 3. The zero-order chi connectivity index (χ0) is 10.8. The third kappa shape index (κ3) is 3.24. The Kier molecular flexibility index (Phi) is 2.98. The lowest BCUT2D eigenvalue weighted by atomic mass is 10.1. The van der Waals surface area contributed by atoms with E-state index in [0.717, 1.165) is 0 Å². The van der Waals surface area contributed by atoms with Gasteiger partial charge in [0.25, 0.3) is 0 Å². The van der Waals surface area contributed by atoms with Crippen LogP contribution < -0.4 is 4.74 Å². The molecule has 0 amide bonds. The summed E-state index contributed by atoms with van der Waals surface area (Å²) in [6.45, 7) is 3.69. The van der Waals surface area contributed by atoms with Gasteiger partial charge in [-0.15, -0.1) is 13.2 Å². The molecule has 78 valence electrons. The van der Waals surface area contributed by atoms with Crippen LogP contribution in [0.25, 0.3) is 0 Å². The highest BCUT2D eigenvalue weighted by molar-refractivity contribution is 5.24. The van der Waals surface area contributed by atoms with Gasteiger partial charge in [0.05, 0.1) is 0 Å². The molecule has 0 unspecified atom stereocenters. The lowest BCUT2D eigenvalue weighted by molar-refractivity contribution is -0.274. The Morgan fingerprint density at radius 2 is 2.00 bits per heavy atom. The van der Waals surface area contributed by atoms with Crippen LogP contribution in [0.1, 0.15) is 25.5 Å². The topological polar surface area (TPSA) is 22.1 Å². The van der Waals surface area contributed by atoms with Crippen molar-refractivity contribution in [3.05, 3.63) is 24.0 Å². The normalized spacial score (nSPS) is 11.9. The van der Waals surface area contributed by atoms with Crippen LogP contribution in [0.4, 0.5) is 13.2 Å². The Hall–Kier alpha value is -1.26. The van der Waals surface area contributed by atoms with Crippen molar-refractivity contribution >= 4 is 0 Å². The summed E-state index contributed by atoms with van der Waals surface area (Å²) < 4.78 is 39.2. The summed E-state index contributed by atoms with van der Waals surface area (Å²) in [7, 11) is 0. The van der Waals surface area contributed by atoms with E-state index in [2.05, 4.69) is 9.72 Å². The number of hydrogen-bond acceptors (Lipinski definition) is 2. The smallest absolute Gasteiger partial charge is 0.406 e. The van der Waals surface area contributed by atoms with E-state index in [0.29, 0.717) is 5.69 Å². The molecule has 0 aliphatic rings. The van der Waals surface area contributed by atoms with Crippen molar-refractivity contribution < 1.29 is 17.9 Å². The van der Waals surface area contributed by atoms with Gasteiger partial charge in [-0.05, 0) is 12.0 Å². The maximum Gasteiger partial charge on any atom is 0.573 e. The second-order valence-electron chi connectivity index (χ2n) is 3.12. The maximum atomic E-state index is 11.8. The summed E-state index contributed by atoms with van der Waals surface area (Å²) in [5.41, 5.74) is 0.576. The molecule has 0 aliphatic carbocycles. The molecule has 0 saturated heterocycles. The minimum Gasteiger partial charge on any atom is -0.406 e. The monoisotopic (exact) mass is 205 g/mol. The quantitative estimate of drug-likeness (QED) is 0.740. The second kappa shape index (κ2) is 3.86. The maximum absolute atomic E-state index is 11.8. The number of aromatic nitrogens is 1. The Morgan fingerprint density at radius 1 is 1.36 bits per heavy atom. The number of nitrogens with zero attached hydrogens (tertiary/aromatic N) is 1. The van der Waals surface area contributed by atoms with Crippen LogP contribution in [-0.2, 0) is 0 Å². The van der Waals surface area contributed by atoms with Gasteiger partial charge in [0.15, 0.2) is 0 Å². The van der Waals surface area contributed by atoms with E-state index in [1.54, 1.807) is 0 Å². The zero-order valence-corrected chi connectivity index (χ0v) is 7.80. The van der Waals surface area contributed by atoms with E-state index in [4.69, 9.17) is 0 Å². The molecule has 0 atom stereocenters. The van der Waals surface area contributed by atoms with Gasteiger partial charge in [-0.1, -0.05) is 13.8 Å². The van der Waals surface area contributed by atoms with Gasteiger partial charge in [-0.25, -0.2) is 0 Å². The molecule has 14 heavy (non-hydrogen) atoms. The fourth-order valence-electron chi connectivity index (χ4n) is 0.941. The van der Waals surface area contributed by atoms with Gasteiger partial charge >= 0.3 is 6.36 Å². The van der Waals surface area contributed by atoms with Gasteiger partial charge in [0, 0.05) is 18.0 Å². The summed E-state index contributed by atoms with van der Waals surface area (Å²) >= 11 is 0. The molecule has 0 radical (unpaired) electrons. The molecule has 0 bridgehead atoms. The predicted octanol–water partition coefficient (Wildman–Crippen LogP) is 3.10. The standard InChI is InChI=1S/C9H10F3NO/c1-6(2)8-5-7(3-4-13-8)14-9(10,11)12/h3-6H,1-2H3. The van der Waals surface area contributed by atoms with Crippen molar-refractivity contribution in [2.75, 3.05) is 0 Å². The summed E-state index contributed by atoms with van der Waals surface area (Å²) in [4.78, 5) is 3.92. The lowest BCUT2D eigenvalue weighted by Gasteiger charge is -2.10. The zero-order valence-electron chi connectivity index (χ0n) is 7.80.